The van der Waals surface area contributed by atoms with Crippen LogP contribution in [0, 0.1) is 25.2 Å². The first-order valence-corrected chi connectivity index (χ1v) is 9.56. The van der Waals surface area contributed by atoms with E-state index >= 15 is 0 Å². The predicted molar refractivity (Wildman–Crippen MR) is 108 cm³/mol. The Morgan fingerprint density at radius 1 is 1.37 bits per heavy atom. The number of nitriles is 1. The Balaban J connectivity index is 1.38. The molecule has 8 heteroatoms. The lowest BCUT2D eigenvalue weighted by Crippen LogP contribution is -2.22. The van der Waals surface area contributed by atoms with Crippen LogP contribution in [0.5, 0.6) is 0 Å². The van der Waals surface area contributed by atoms with Crippen LogP contribution in [0.25, 0.3) is 5.82 Å². The number of benzene rings is 1. The number of carbonyl (C=O) groups is 1. The minimum absolute atomic E-state index is 0.258. The molecule has 1 aliphatic heterocycles. The van der Waals surface area contributed by atoms with E-state index in [2.05, 4.69) is 21.4 Å². The number of carbonyl (C=O) groups excluding carboxylic acids is 1. The molecule has 0 saturated heterocycles. The summed E-state index contributed by atoms with van der Waals surface area (Å²) in [5, 5.41) is 22.8. The number of cyclic esters (lactones) is 1. The van der Waals surface area contributed by atoms with E-state index in [1.54, 1.807) is 29.2 Å². The van der Waals surface area contributed by atoms with E-state index in [4.69, 9.17) is 10.00 Å². The summed E-state index contributed by atoms with van der Waals surface area (Å²) < 4.78 is 6.86. The Kier molecular flexibility index (Phi) is 5.31. The molecule has 152 valence electrons. The molecule has 1 aliphatic rings. The number of hydrogen-bond donors (Lipinski definition) is 2. The van der Waals surface area contributed by atoms with Crippen LogP contribution >= 0.6 is 0 Å². The third kappa shape index (κ3) is 3.68. The molecule has 2 aromatic heterocycles. The quantitative estimate of drug-likeness (QED) is 0.607. The molecule has 4 rings (SSSR count). The number of esters is 1. The zero-order valence-corrected chi connectivity index (χ0v) is 16.7. The van der Waals surface area contributed by atoms with E-state index in [0.717, 1.165) is 27.9 Å². The average Bonchev–Trinajstić information content (AvgIpc) is 3.36. The van der Waals surface area contributed by atoms with Gasteiger partial charge in [0.15, 0.2) is 0 Å². The van der Waals surface area contributed by atoms with Crippen LogP contribution in [-0.4, -0.2) is 32.2 Å². The summed E-state index contributed by atoms with van der Waals surface area (Å²) >= 11 is 0. The van der Waals surface area contributed by atoms with Crippen molar-refractivity contribution >= 4 is 5.97 Å². The van der Waals surface area contributed by atoms with E-state index in [1.165, 1.54) is 0 Å². The highest BCUT2D eigenvalue weighted by atomic mass is 16.5. The Morgan fingerprint density at radius 3 is 2.97 bits per heavy atom. The van der Waals surface area contributed by atoms with Gasteiger partial charge in [0.25, 0.3) is 0 Å². The van der Waals surface area contributed by atoms with Gasteiger partial charge >= 0.3 is 5.97 Å². The number of nitrogens with one attached hydrogen (secondary N) is 1. The molecular formula is C22H21N5O3. The molecule has 0 saturated carbocycles. The Morgan fingerprint density at radius 2 is 2.20 bits per heavy atom. The molecular weight excluding hydrogens is 382 g/mol. The molecule has 0 amide bonds. The van der Waals surface area contributed by atoms with Gasteiger partial charge in [0, 0.05) is 31.0 Å². The molecule has 1 aromatic carbocycles. The van der Waals surface area contributed by atoms with Crippen molar-refractivity contribution in [3.8, 4) is 11.9 Å². The smallest absolute Gasteiger partial charge is 0.338 e. The van der Waals surface area contributed by atoms with Crippen LogP contribution in [0.3, 0.4) is 0 Å². The van der Waals surface area contributed by atoms with Crippen molar-refractivity contribution in [1.29, 1.82) is 5.26 Å². The molecule has 3 heterocycles. The third-order valence-corrected chi connectivity index (χ3v) is 5.33. The summed E-state index contributed by atoms with van der Waals surface area (Å²) in [5.74, 6) is 0.380. The maximum absolute atomic E-state index is 11.7. The minimum atomic E-state index is -0.712. The number of aliphatic hydroxyl groups is 1. The number of nitrogens with zero attached hydrogens (tertiary/aromatic N) is 4. The summed E-state index contributed by atoms with van der Waals surface area (Å²) in [4.78, 5) is 20.3. The van der Waals surface area contributed by atoms with Crippen molar-refractivity contribution in [3.63, 3.8) is 0 Å². The minimum Gasteiger partial charge on any atom is -0.457 e. The monoisotopic (exact) mass is 403 g/mol. The average molecular weight is 403 g/mol. The number of pyridine rings is 1. The molecule has 0 spiro atoms. The first kappa shape index (κ1) is 19.8. The van der Waals surface area contributed by atoms with Crippen LogP contribution in [0.1, 0.15) is 50.0 Å². The van der Waals surface area contributed by atoms with Gasteiger partial charge in [-0.3, -0.25) is 4.57 Å². The molecule has 0 unspecified atom stereocenters. The molecule has 0 bridgehead atoms. The number of aromatic nitrogens is 3. The number of ether oxygens (including phenoxy) is 1. The summed E-state index contributed by atoms with van der Waals surface area (Å²) in [7, 11) is 0. The maximum Gasteiger partial charge on any atom is 0.338 e. The third-order valence-electron chi connectivity index (χ3n) is 5.33. The second-order valence-electron chi connectivity index (χ2n) is 7.27. The molecule has 1 atom stereocenters. The Hall–Kier alpha value is -3.54. The Labute approximate surface area is 173 Å². The standard InChI is InChI=1S/C22H21N5O3/c1-13-5-21(25-7-15(13)6-23)27-10-16(26-12-27)8-24-9-20(28)17-3-4-18-19(14(17)2)11-30-22(18)29/h3-5,7,10,12,20,24,28H,8-9,11H2,1-2H3/t20-/m0/s1. The number of rotatable bonds is 6. The van der Waals surface area contributed by atoms with Gasteiger partial charge in [0.1, 0.15) is 24.8 Å². The fourth-order valence-electron chi connectivity index (χ4n) is 3.56. The topological polar surface area (TPSA) is 113 Å². The largest absolute Gasteiger partial charge is 0.457 e. The van der Waals surface area contributed by atoms with Gasteiger partial charge in [-0.25, -0.2) is 14.8 Å². The molecule has 2 N–H and O–H groups in total. The van der Waals surface area contributed by atoms with Gasteiger partial charge in [-0.15, -0.1) is 0 Å². The van der Waals surface area contributed by atoms with E-state index < -0.39 is 6.10 Å². The van der Waals surface area contributed by atoms with E-state index in [9.17, 15) is 9.90 Å². The number of aryl methyl sites for hydroxylation is 1. The van der Waals surface area contributed by atoms with Gasteiger partial charge < -0.3 is 15.2 Å². The van der Waals surface area contributed by atoms with Gasteiger partial charge in [0.2, 0.25) is 0 Å². The lowest BCUT2D eigenvalue weighted by Gasteiger charge is -2.16. The lowest BCUT2D eigenvalue weighted by atomic mass is 9.95. The molecule has 0 radical (unpaired) electrons. The molecule has 0 aliphatic carbocycles. The molecule has 30 heavy (non-hydrogen) atoms. The van der Waals surface area contributed by atoms with Crippen LogP contribution in [0.2, 0.25) is 0 Å². The zero-order valence-electron chi connectivity index (χ0n) is 16.7. The van der Waals surface area contributed by atoms with Crippen molar-refractivity contribution in [2.75, 3.05) is 6.54 Å². The number of imidazole rings is 1. The number of aliphatic hydroxyl groups excluding tert-OH is 1. The first-order chi connectivity index (χ1) is 14.5. The normalized spacial score (nSPS) is 13.6. The second-order valence-corrected chi connectivity index (χ2v) is 7.27. The SMILES string of the molecule is Cc1cc(-n2cnc(CNC[C@H](O)c3ccc4c(c3C)COC4=O)c2)ncc1C#N. The molecule has 8 nitrogen and oxygen atoms in total. The van der Waals surface area contributed by atoms with Gasteiger partial charge in [-0.05, 0) is 42.7 Å². The van der Waals surface area contributed by atoms with Gasteiger partial charge in [-0.2, -0.15) is 5.26 Å². The first-order valence-electron chi connectivity index (χ1n) is 9.56. The number of hydrogen-bond acceptors (Lipinski definition) is 7. The summed E-state index contributed by atoms with van der Waals surface area (Å²) in [6, 6.07) is 7.44. The van der Waals surface area contributed by atoms with E-state index in [-0.39, 0.29) is 12.6 Å². The van der Waals surface area contributed by atoms with Gasteiger partial charge in [0.05, 0.1) is 22.9 Å². The Bertz CT molecular complexity index is 1160. The van der Waals surface area contributed by atoms with Crippen LogP contribution in [-0.2, 0) is 17.9 Å². The summed E-state index contributed by atoms with van der Waals surface area (Å²) in [6.07, 6.45) is 4.37. The summed E-state index contributed by atoms with van der Waals surface area (Å²) in [5.41, 5.74) is 5.30. The highest BCUT2D eigenvalue weighted by Crippen LogP contribution is 2.28. The van der Waals surface area contributed by atoms with Crippen LogP contribution in [0.4, 0.5) is 0 Å². The van der Waals surface area contributed by atoms with Crippen molar-refractivity contribution in [3.05, 3.63) is 76.0 Å². The second kappa shape index (κ2) is 8.06. The van der Waals surface area contributed by atoms with Crippen molar-refractivity contribution < 1.29 is 14.6 Å². The van der Waals surface area contributed by atoms with Crippen molar-refractivity contribution in [1.82, 2.24) is 19.9 Å². The van der Waals surface area contributed by atoms with E-state index in [1.807, 2.05) is 26.1 Å². The summed E-state index contributed by atoms with van der Waals surface area (Å²) in [6.45, 7) is 4.84. The lowest BCUT2D eigenvalue weighted by molar-refractivity contribution is 0.0535. The number of fused-ring (bicyclic) bond motifs is 1. The predicted octanol–water partition coefficient (Wildman–Crippen LogP) is 2.25. The fraction of sp³-hybridized carbons (Fsp3) is 0.273. The van der Waals surface area contributed by atoms with Crippen LogP contribution < -0.4 is 5.32 Å². The van der Waals surface area contributed by atoms with Gasteiger partial charge in [-0.1, -0.05) is 6.07 Å². The molecule has 3 aromatic rings. The molecule has 0 fully saturated rings. The fourth-order valence-corrected chi connectivity index (χ4v) is 3.56. The van der Waals surface area contributed by atoms with Crippen molar-refractivity contribution in [2.45, 2.75) is 33.1 Å². The maximum atomic E-state index is 11.7. The highest BCUT2D eigenvalue weighted by molar-refractivity contribution is 5.93. The van der Waals surface area contributed by atoms with Crippen LogP contribution in [0.15, 0.2) is 36.9 Å². The van der Waals surface area contributed by atoms with Crippen molar-refractivity contribution in [2.24, 2.45) is 0 Å². The highest BCUT2D eigenvalue weighted by Gasteiger charge is 2.25. The zero-order chi connectivity index (χ0) is 21.3. The van der Waals surface area contributed by atoms with E-state index in [0.29, 0.717) is 30.0 Å².